The molecule has 5 nitrogen and oxygen atoms in total. The van der Waals surface area contributed by atoms with Gasteiger partial charge in [0.15, 0.2) is 11.5 Å². The van der Waals surface area contributed by atoms with Crippen LogP contribution in [0.4, 0.5) is 0 Å². The number of allylic oxidation sites excluding steroid dienone is 1. The van der Waals surface area contributed by atoms with Crippen LogP contribution in [-0.2, 0) is 22.3 Å². The highest BCUT2D eigenvalue weighted by atomic mass is 16.7. The summed E-state index contributed by atoms with van der Waals surface area (Å²) < 4.78 is 30.4. The van der Waals surface area contributed by atoms with Gasteiger partial charge in [-0.05, 0) is 51.7 Å². The summed E-state index contributed by atoms with van der Waals surface area (Å²) in [4.78, 5) is 0. The molecule has 0 saturated carbocycles. The number of benzene rings is 2. The zero-order valence-electron chi connectivity index (χ0n) is 19.5. The number of hydrogen-bond acceptors (Lipinski definition) is 5. The summed E-state index contributed by atoms with van der Waals surface area (Å²) >= 11 is 0. The Morgan fingerprint density at radius 1 is 0.935 bits per heavy atom. The minimum absolute atomic E-state index is 0.428. The van der Waals surface area contributed by atoms with Crippen LogP contribution in [0.25, 0.3) is 0 Å². The second-order valence-corrected chi connectivity index (χ2v) is 8.71. The molecule has 1 saturated heterocycles. The zero-order chi connectivity index (χ0) is 22.6. The first-order valence-electron chi connectivity index (χ1n) is 10.6. The SMILES string of the molecule is C=CCCc1cc(B2OC(C)(C)C(C)(C)O2)c(OC)c(OC)c1OCc1ccccc1. The van der Waals surface area contributed by atoms with E-state index in [9.17, 15) is 0 Å². The molecule has 0 radical (unpaired) electrons. The third-order valence-corrected chi connectivity index (χ3v) is 6.06. The summed E-state index contributed by atoms with van der Waals surface area (Å²) in [6.45, 7) is 12.4. The number of methoxy groups -OCH3 is 2. The van der Waals surface area contributed by atoms with Crippen LogP contribution in [0.15, 0.2) is 49.1 Å². The molecule has 0 N–H and O–H groups in total. The van der Waals surface area contributed by atoms with Gasteiger partial charge in [0, 0.05) is 5.46 Å². The Kier molecular flexibility index (Phi) is 7.02. The fourth-order valence-corrected chi connectivity index (χ4v) is 3.57. The van der Waals surface area contributed by atoms with E-state index in [1.807, 2.05) is 70.2 Å². The van der Waals surface area contributed by atoms with Gasteiger partial charge >= 0.3 is 7.12 Å². The van der Waals surface area contributed by atoms with E-state index in [2.05, 4.69) is 6.58 Å². The lowest BCUT2D eigenvalue weighted by molar-refractivity contribution is 0.00578. The van der Waals surface area contributed by atoms with Crippen molar-refractivity contribution in [1.29, 1.82) is 0 Å². The lowest BCUT2D eigenvalue weighted by Gasteiger charge is -2.32. The maximum atomic E-state index is 6.30. The van der Waals surface area contributed by atoms with E-state index in [4.69, 9.17) is 23.5 Å². The van der Waals surface area contributed by atoms with E-state index < -0.39 is 18.3 Å². The average molecular weight is 424 g/mol. The summed E-state index contributed by atoms with van der Waals surface area (Å²) in [5, 5.41) is 0. The highest BCUT2D eigenvalue weighted by molar-refractivity contribution is 6.63. The molecule has 1 fully saturated rings. The van der Waals surface area contributed by atoms with Gasteiger partial charge in [0.1, 0.15) is 6.61 Å². The average Bonchev–Trinajstić information content (AvgIpc) is 2.97. The molecule has 1 aliphatic rings. The van der Waals surface area contributed by atoms with Crippen LogP contribution >= 0.6 is 0 Å². The second-order valence-electron chi connectivity index (χ2n) is 8.71. The summed E-state index contributed by atoms with van der Waals surface area (Å²) in [7, 11) is 2.68. The van der Waals surface area contributed by atoms with Crippen molar-refractivity contribution in [1.82, 2.24) is 0 Å². The van der Waals surface area contributed by atoms with Crippen LogP contribution in [0, 0.1) is 0 Å². The molecular weight excluding hydrogens is 391 g/mol. The first-order chi connectivity index (χ1) is 14.7. The molecule has 2 aromatic carbocycles. The third-order valence-electron chi connectivity index (χ3n) is 6.06. The number of rotatable bonds is 9. The van der Waals surface area contributed by atoms with Crippen LogP contribution in [0.5, 0.6) is 17.2 Å². The van der Waals surface area contributed by atoms with Gasteiger partial charge in [-0.1, -0.05) is 42.5 Å². The predicted molar refractivity (Wildman–Crippen MR) is 125 cm³/mol. The normalized spacial score (nSPS) is 16.8. The molecule has 0 amide bonds. The van der Waals surface area contributed by atoms with Gasteiger partial charge < -0.3 is 23.5 Å². The Balaban J connectivity index is 2.05. The predicted octanol–water partition coefficient (Wildman–Crippen LogP) is 4.70. The molecule has 0 unspecified atom stereocenters. The number of hydrogen-bond donors (Lipinski definition) is 0. The monoisotopic (exact) mass is 424 g/mol. The fourth-order valence-electron chi connectivity index (χ4n) is 3.57. The van der Waals surface area contributed by atoms with Crippen molar-refractivity contribution in [3.05, 3.63) is 60.2 Å². The van der Waals surface area contributed by atoms with E-state index in [-0.39, 0.29) is 0 Å². The maximum Gasteiger partial charge on any atom is 0.498 e. The van der Waals surface area contributed by atoms with Gasteiger partial charge in [-0.15, -0.1) is 6.58 Å². The quantitative estimate of drug-likeness (QED) is 0.431. The number of aryl methyl sites for hydroxylation is 1. The zero-order valence-corrected chi connectivity index (χ0v) is 19.5. The molecule has 0 aromatic heterocycles. The molecule has 2 aromatic rings. The van der Waals surface area contributed by atoms with Crippen molar-refractivity contribution in [2.45, 2.75) is 58.3 Å². The fraction of sp³-hybridized carbons (Fsp3) is 0.440. The topological polar surface area (TPSA) is 46.2 Å². The Morgan fingerprint density at radius 2 is 1.55 bits per heavy atom. The van der Waals surface area contributed by atoms with Crippen LogP contribution < -0.4 is 19.7 Å². The van der Waals surface area contributed by atoms with Crippen molar-refractivity contribution in [2.24, 2.45) is 0 Å². The third kappa shape index (κ3) is 4.75. The first kappa shape index (κ1) is 23.2. The molecule has 3 rings (SSSR count). The first-order valence-corrected chi connectivity index (χ1v) is 10.6. The van der Waals surface area contributed by atoms with Crippen LogP contribution in [0.3, 0.4) is 0 Å². The molecule has 0 spiro atoms. The Bertz CT molecular complexity index is 892. The van der Waals surface area contributed by atoms with Gasteiger partial charge in [0.05, 0.1) is 25.4 Å². The summed E-state index contributed by atoms with van der Waals surface area (Å²) in [5.74, 6) is 1.78. The van der Waals surface area contributed by atoms with E-state index in [0.717, 1.165) is 29.4 Å². The molecule has 0 aliphatic carbocycles. The molecule has 0 bridgehead atoms. The summed E-state index contributed by atoms with van der Waals surface area (Å²) in [6, 6.07) is 12.1. The summed E-state index contributed by atoms with van der Waals surface area (Å²) in [6.07, 6.45) is 3.45. The Morgan fingerprint density at radius 3 is 2.10 bits per heavy atom. The number of ether oxygens (including phenoxy) is 3. The molecule has 6 heteroatoms. The van der Waals surface area contributed by atoms with Gasteiger partial charge in [-0.25, -0.2) is 0 Å². The van der Waals surface area contributed by atoms with E-state index in [0.29, 0.717) is 23.9 Å². The van der Waals surface area contributed by atoms with Crippen molar-refractivity contribution >= 4 is 12.6 Å². The lowest BCUT2D eigenvalue weighted by atomic mass is 9.76. The van der Waals surface area contributed by atoms with Gasteiger partial charge in [-0.2, -0.15) is 0 Å². The molecule has 1 aliphatic heterocycles. The smallest absolute Gasteiger partial charge is 0.493 e. The summed E-state index contributed by atoms with van der Waals surface area (Å²) in [5.41, 5.74) is 1.95. The molecule has 166 valence electrons. The standard InChI is InChI=1S/C25H33BO5/c1-8-9-15-19-16-20(26-30-24(2,3)25(4,5)31-26)22(27-6)23(28-7)21(19)29-17-18-13-11-10-12-14-18/h8,10-14,16H,1,9,15,17H2,2-7H3. The highest BCUT2D eigenvalue weighted by Gasteiger charge is 2.53. The van der Waals surface area contributed by atoms with Crippen LogP contribution in [0.2, 0.25) is 0 Å². The Labute approximate surface area is 186 Å². The minimum Gasteiger partial charge on any atom is -0.493 e. The van der Waals surface area contributed by atoms with Gasteiger partial charge in [0.2, 0.25) is 5.75 Å². The van der Waals surface area contributed by atoms with Crippen molar-refractivity contribution in [2.75, 3.05) is 14.2 Å². The van der Waals surface area contributed by atoms with E-state index in [1.165, 1.54) is 0 Å². The van der Waals surface area contributed by atoms with Crippen molar-refractivity contribution < 1.29 is 23.5 Å². The second kappa shape index (κ2) is 9.37. The van der Waals surface area contributed by atoms with Gasteiger partial charge in [0.25, 0.3) is 0 Å². The van der Waals surface area contributed by atoms with Crippen molar-refractivity contribution in [3.63, 3.8) is 0 Å². The maximum absolute atomic E-state index is 6.30. The minimum atomic E-state index is -0.570. The van der Waals surface area contributed by atoms with Gasteiger partial charge in [-0.3, -0.25) is 0 Å². The molecular formula is C25H33BO5. The largest absolute Gasteiger partial charge is 0.498 e. The van der Waals surface area contributed by atoms with E-state index in [1.54, 1.807) is 14.2 Å². The van der Waals surface area contributed by atoms with Crippen LogP contribution in [0.1, 0.15) is 45.2 Å². The molecule has 1 heterocycles. The van der Waals surface area contributed by atoms with E-state index >= 15 is 0 Å². The lowest BCUT2D eigenvalue weighted by Crippen LogP contribution is -2.41. The van der Waals surface area contributed by atoms with Crippen molar-refractivity contribution in [3.8, 4) is 17.2 Å². The van der Waals surface area contributed by atoms with Crippen LogP contribution in [-0.4, -0.2) is 32.5 Å². The molecule has 31 heavy (non-hydrogen) atoms. The molecule has 0 atom stereocenters. The highest BCUT2D eigenvalue weighted by Crippen LogP contribution is 2.43. The Hall–Kier alpha value is -2.44.